The summed E-state index contributed by atoms with van der Waals surface area (Å²) in [5.41, 5.74) is 1.70. The van der Waals surface area contributed by atoms with Crippen LogP contribution in [0.1, 0.15) is 23.2 Å². The van der Waals surface area contributed by atoms with Gasteiger partial charge in [0.2, 0.25) is 15.9 Å². The average molecular weight is 424 g/mol. The van der Waals surface area contributed by atoms with Crippen LogP contribution in [0.2, 0.25) is 0 Å². The van der Waals surface area contributed by atoms with Crippen molar-refractivity contribution in [3.8, 4) is 0 Å². The lowest BCUT2D eigenvalue weighted by Gasteiger charge is -2.18. The summed E-state index contributed by atoms with van der Waals surface area (Å²) in [7, 11) is -3.83. The summed E-state index contributed by atoms with van der Waals surface area (Å²) in [5.74, 6) is 0.146. The molecule has 1 heterocycles. The summed E-state index contributed by atoms with van der Waals surface area (Å²) in [6.07, 6.45) is 2.22. The maximum atomic E-state index is 12.7. The van der Waals surface area contributed by atoms with Gasteiger partial charge in [0.1, 0.15) is 6.04 Å². The molecule has 1 amide bonds. The number of sulfonamides is 1. The minimum absolute atomic E-state index is 0.0309. The largest absolute Gasteiger partial charge is 0.350 e. The fourth-order valence-corrected chi connectivity index (χ4v) is 4.46. The molecular formula is C19H25N3O4S2. The lowest BCUT2D eigenvalue weighted by atomic mass is 10.1. The quantitative estimate of drug-likeness (QED) is 0.569. The van der Waals surface area contributed by atoms with Gasteiger partial charge in [-0.2, -0.15) is 16.5 Å². The topological polar surface area (TPSA) is 108 Å². The number of nitrogens with one attached hydrogen (secondary N) is 3. The molecule has 1 atom stereocenters. The summed E-state index contributed by atoms with van der Waals surface area (Å²) in [6, 6.07) is 8.81. The highest BCUT2D eigenvalue weighted by atomic mass is 32.2. The minimum atomic E-state index is -3.83. The van der Waals surface area contributed by atoms with Crippen molar-refractivity contribution in [1.29, 1.82) is 0 Å². The predicted octanol–water partition coefficient (Wildman–Crippen LogP) is 1.71. The molecule has 0 fully saturated rings. The number of rotatable bonds is 9. The predicted molar refractivity (Wildman–Crippen MR) is 112 cm³/mol. The summed E-state index contributed by atoms with van der Waals surface area (Å²) >= 11 is 1.52. The first-order valence-corrected chi connectivity index (χ1v) is 11.7. The third kappa shape index (κ3) is 5.95. The van der Waals surface area contributed by atoms with Gasteiger partial charge in [-0.05, 0) is 56.0 Å². The van der Waals surface area contributed by atoms with E-state index in [1.807, 2.05) is 12.3 Å². The Morgan fingerprint density at radius 2 is 1.89 bits per heavy atom. The van der Waals surface area contributed by atoms with E-state index in [2.05, 4.69) is 15.0 Å². The van der Waals surface area contributed by atoms with E-state index in [0.29, 0.717) is 17.7 Å². The van der Waals surface area contributed by atoms with Gasteiger partial charge >= 0.3 is 0 Å². The van der Waals surface area contributed by atoms with Crippen LogP contribution in [0.3, 0.4) is 0 Å². The summed E-state index contributed by atoms with van der Waals surface area (Å²) in [4.78, 5) is 27.6. The molecule has 2 aromatic rings. The molecular weight excluding hydrogens is 398 g/mol. The van der Waals surface area contributed by atoms with Crippen LogP contribution in [0.5, 0.6) is 0 Å². The molecule has 28 heavy (non-hydrogen) atoms. The summed E-state index contributed by atoms with van der Waals surface area (Å²) in [6.45, 7) is 3.61. The molecule has 3 N–H and O–H groups in total. The molecule has 0 aliphatic heterocycles. The van der Waals surface area contributed by atoms with Gasteiger partial charge in [-0.1, -0.05) is 18.2 Å². The number of thioether (sulfide) groups is 1. The monoisotopic (exact) mass is 423 g/mol. The highest BCUT2D eigenvalue weighted by Gasteiger charge is 2.25. The zero-order chi connectivity index (χ0) is 20.7. The Balaban J connectivity index is 2.14. The van der Waals surface area contributed by atoms with Crippen molar-refractivity contribution in [3.63, 3.8) is 0 Å². The van der Waals surface area contributed by atoms with Crippen LogP contribution in [0.4, 0.5) is 0 Å². The molecule has 1 aromatic carbocycles. The third-order valence-corrected chi connectivity index (χ3v) is 6.34. The van der Waals surface area contributed by atoms with Crippen molar-refractivity contribution in [2.75, 3.05) is 12.0 Å². The van der Waals surface area contributed by atoms with E-state index < -0.39 is 22.0 Å². The van der Waals surface area contributed by atoms with E-state index >= 15 is 0 Å². The number of aryl methyl sites for hydroxylation is 2. The van der Waals surface area contributed by atoms with Crippen molar-refractivity contribution < 1.29 is 13.2 Å². The Morgan fingerprint density at radius 3 is 2.50 bits per heavy atom. The van der Waals surface area contributed by atoms with Gasteiger partial charge in [0, 0.05) is 17.8 Å². The standard InChI is InChI=1S/C19H25N3O4S2/c1-13-11-14(2)21-18(23)16(13)12-20-19(24)17(9-10-27-3)22-28(25,26)15-7-5-4-6-8-15/h4-8,11,17,22H,9-10,12H2,1-3H3,(H,20,24)(H,21,23)/t17-/m0/s1. The van der Waals surface area contributed by atoms with E-state index in [1.54, 1.807) is 32.0 Å². The zero-order valence-corrected chi connectivity index (χ0v) is 17.7. The average Bonchev–Trinajstić information content (AvgIpc) is 2.64. The van der Waals surface area contributed by atoms with E-state index in [-0.39, 0.29) is 17.0 Å². The number of hydrogen-bond acceptors (Lipinski definition) is 5. The van der Waals surface area contributed by atoms with Crippen molar-refractivity contribution >= 4 is 27.7 Å². The van der Waals surface area contributed by atoms with Crippen LogP contribution in [-0.4, -0.2) is 37.4 Å². The highest BCUT2D eigenvalue weighted by molar-refractivity contribution is 7.98. The van der Waals surface area contributed by atoms with E-state index in [9.17, 15) is 18.0 Å². The van der Waals surface area contributed by atoms with Crippen LogP contribution in [0.25, 0.3) is 0 Å². The molecule has 152 valence electrons. The Kier molecular flexibility index (Phi) is 7.85. The van der Waals surface area contributed by atoms with Gasteiger partial charge in [-0.3, -0.25) is 9.59 Å². The maximum Gasteiger partial charge on any atom is 0.253 e. The molecule has 0 spiro atoms. The summed E-state index contributed by atoms with van der Waals surface area (Å²) < 4.78 is 27.6. The number of aromatic nitrogens is 1. The van der Waals surface area contributed by atoms with E-state index in [1.165, 1.54) is 23.9 Å². The Hall–Kier alpha value is -2.10. The van der Waals surface area contributed by atoms with E-state index in [0.717, 1.165) is 11.3 Å². The van der Waals surface area contributed by atoms with Crippen LogP contribution in [0, 0.1) is 13.8 Å². The number of pyridine rings is 1. The third-order valence-electron chi connectivity index (χ3n) is 4.21. The van der Waals surface area contributed by atoms with Gasteiger partial charge in [-0.25, -0.2) is 8.42 Å². The molecule has 0 aliphatic carbocycles. The number of carbonyl (C=O) groups is 1. The maximum absolute atomic E-state index is 12.7. The van der Waals surface area contributed by atoms with Crippen molar-refractivity contribution in [2.45, 2.75) is 37.8 Å². The van der Waals surface area contributed by atoms with Crippen molar-refractivity contribution in [2.24, 2.45) is 0 Å². The Labute approximate surface area is 169 Å². The lowest BCUT2D eigenvalue weighted by Crippen LogP contribution is -2.47. The van der Waals surface area contributed by atoms with Gasteiger partial charge in [0.15, 0.2) is 0 Å². The number of hydrogen-bond donors (Lipinski definition) is 3. The Bertz CT molecular complexity index is 972. The fourth-order valence-electron chi connectivity index (χ4n) is 2.73. The lowest BCUT2D eigenvalue weighted by molar-refractivity contribution is -0.122. The molecule has 7 nitrogen and oxygen atoms in total. The second-order valence-electron chi connectivity index (χ2n) is 6.43. The smallest absolute Gasteiger partial charge is 0.253 e. The highest BCUT2D eigenvalue weighted by Crippen LogP contribution is 2.11. The fraction of sp³-hybridized carbons (Fsp3) is 0.368. The van der Waals surface area contributed by atoms with Crippen LogP contribution >= 0.6 is 11.8 Å². The van der Waals surface area contributed by atoms with Crippen molar-refractivity contribution in [1.82, 2.24) is 15.0 Å². The minimum Gasteiger partial charge on any atom is -0.350 e. The molecule has 0 aliphatic rings. The number of benzene rings is 1. The molecule has 0 saturated carbocycles. The van der Waals surface area contributed by atoms with Crippen molar-refractivity contribution in [3.05, 3.63) is 63.6 Å². The van der Waals surface area contributed by atoms with Crippen LogP contribution < -0.4 is 15.6 Å². The molecule has 1 aromatic heterocycles. The molecule has 0 unspecified atom stereocenters. The first kappa shape index (κ1) is 22.2. The van der Waals surface area contributed by atoms with Gasteiger partial charge < -0.3 is 10.3 Å². The molecule has 0 radical (unpaired) electrons. The van der Waals surface area contributed by atoms with E-state index in [4.69, 9.17) is 0 Å². The first-order valence-electron chi connectivity index (χ1n) is 8.78. The molecule has 2 rings (SSSR count). The Morgan fingerprint density at radius 1 is 1.21 bits per heavy atom. The van der Waals surface area contributed by atoms with Crippen LogP contribution in [-0.2, 0) is 21.4 Å². The molecule has 0 bridgehead atoms. The van der Waals surface area contributed by atoms with Gasteiger partial charge in [0.25, 0.3) is 5.56 Å². The molecule has 0 saturated heterocycles. The first-order chi connectivity index (χ1) is 13.2. The SMILES string of the molecule is CSCC[C@H](NS(=O)(=O)c1ccccc1)C(=O)NCc1c(C)cc(C)[nH]c1=O. The zero-order valence-electron chi connectivity index (χ0n) is 16.1. The number of H-pyrrole nitrogens is 1. The number of carbonyl (C=O) groups excluding carboxylic acids is 1. The second kappa shape index (κ2) is 9.90. The summed E-state index contributed by atoms with van der Waals surface area (Å²) in [5, 5.41) is 2.69. The second-order valence-corrected chi connectivity index (χ2v) is 9.13. The number of amides is 1. The number of aromatic amines is 1. The van der Waals surface area contributed by atoms with Crippen LogP contribution in [0.15, 0.2) is 46.1 Å². The normalized spacial score (nSPS) is 12.5. The van der Waals surface area contributed by atoms with Gasteiger partial charge in [-0.15, -0.1) is 0 Å². The van der Waals surface area contributed by atoms with Gasteiger partial charge in [0.05, 0.1) is 4.90 Å². The molecule has 9 heteroatoms.